The number of anilines is 1. The van der Waals surface area contributed by atoms with Gasteiger partial charge in [-0.05, 0) is 37.1 Å². The fourth-order valence-electron chi connectivity index (χ4n) is 2.14. The van der Waals surface area contributed by atoms with Crippen LogP contribution in [0.1, 0.15) is 17.0 Å². The summed E-state index contributed by atoms with van der Waals surface area (Å²) in [5.41, 5.74) is 7.72. The zero-order valence-corrected chi connectivity index (χ0v) is 13.2. The number of rotatable bonds is 5. The van der Waals surface area contributed by atoms with Crippen LogP contribution in [0.15, 0.2) is 29.4 Å². The van der Waals surface area contributed by atoms with Gasteiger partial charge in [0.1, 0.15) is 5.82 Å². The van der Waals surface area contributed by atoms with E-state index in [4.69, 9.17) is 5.73 Å². The Bertz CT molecular complexity index is 750. The summed E-state index contributed by atoms with van der Waals surface area (Å²) in [4.78, 5) is 4.40. The van der Waals surface area contributed by atoms with Crippen molar-refractivity contribution in [2.24, 2.45) is 7.05 Å². The van der Waals surface area contributed by atoms with Crippen molar-refractivity contribution in [3.05, 3.63) is 41.5 Å². The summed E-state index contributed by atoms with van der Waals surface area (Å²) in [5, 5.41) is 0. The van der Waals surface area contributed by atoms with Crippen LogP contribution in [-0.4, -0.2) is 24.5 Å². The van der Waals surface area contributed by atoms with Crippen LogP contribution in [-0.2, 0) is 23.5 Å². The molecule has 0 fully saturated rings. The summed E-state index contributed by atoms with van der Waals surface area (Å²) in [6.45, 7) is 3.82. The Hall–Kier alpha value is -1.86. The van der Waals surface area contributed by atoms with E-state index in [2.05, 4.69) is 9.71 Å². The molecule has 0 aliphatic carbocycles. The van der Waals surface area contributed by atoms with Crippen LogP contribution in [0.5, 0.6) is 0 Å². The normalized spacial score (nSPS) is 11.8. The predicted octanol–water partition coefficient (Wildman–Crippen LogP) is 1.14. The van der Waals surface area contributed by atoms with Crippen LogP contribution in [0, 0.1) is 13.8 Å². The molecule has 0 radical (unpaired) electrons. The first-order valence-electron chi connectivity index (χ1n) is 6.64. The van der Waals surface area contributed by atoms with E-state index in [0.717, 1.165) is 11.4 Å². The van der Waals surface area contributed by atoms with Gasteiger partial charge in [0.05, 0.1) is 4.90 Å². The maximum absolute atomic E-state index is 12.4. The lowest BCUT2D eigenvalue weighted by Gasteiger charge is -2.12. The number of sulfonamides is 1. The molecule has 1 aromatic heterocycles. The van der Waals surface area contributed by atoms with Gasteiger partial charge in [0.15, 0.2) is 0 Å². The molecular formula is C14H20N4O2S. The predicted molar refractivity (Wildman–Crippen MR) is 82.4 cm³/mol. The van der Waals surface area contributed by atoms with Crippen molar-refractivity contribution in [1.29, 1.82) is 0 Å². The Labute approximate surface area is 125 Å². The van der Waals surface area contributed by atoms with Crippen molar-refractivity contribution >= 4 is 15.7 Å². The minimum Gasteiger partial charge on any atom is -0.398 e. The van der Waals surface area contributed by atoms with E-state index < -0.39 is 10.0 Å². The van der Waals surface area contributed by atoms with E-state index in [0.29, 0.717) is 24.2 Å². The average Bonchev–Trinajstić information content (AvgIpc) is 2.79. The highest BCUT2D eigenvalue weighted by Gasteiger charge is 2.18. The summed E-state index contributed by atoms with van der Waals surface area (Å²) in [6.07, 6.45) is 4.05. The van der Waals surface area contributed by atoms with Crippen LogP contribution in [0.2, 0.25) is 0 Å². The molecule has 3 N–H and O–H groups in total. The molecule has 21 heavy (non-hydrogen) atoms. The lowest BCUT2D eigenvalue weighted by atomic mass is 10.1. The first kappa shape index (κ1) is 15.5. The minimum absolute atomic E-state index is 0.236. The summed E-state index contributed by atoms with van der Waals surface area (Å²) >= 11 is 0. The second-order valence-electron chi connectivity index (χ2n) is 5.08. The Morgan fingerprint density at radius 1 is 1.33 bits per heavy atom. The first-order valence-corrected chi connectivity index (χ1v) is 8.12. The molecule has 6 nitrogen and oxygen atoms in total. The van der Waals surface area contributed by atoms with Crippen molar-refractivity contribution in [3.8, 4) is 0 Å². The van der Waals surface area contributed by atoms with Gasteiger partial charge in [-0.1, -0.05) is 0 Å². The second kappa shape index (κ2) is 5.87. The molecule has 1 aromatic carbocycles. The number of benzene rings is 1. The first-order chi connectivity index (χ1) is 9.81. The van der Waals surface area contributed by atoms with Crippen LogP contribution in [0.25, 0.3) is 0 Å². The highest BCUT2D eigenvalue weighted by molar-refractivity contribution is 7.89. The Morgan fingerprint density at radius 3 is 2.67 bits per heavy atom. The SMILES string of the molecule is Cc1cc(N)c(C)c(S(=O)(=O)NCCc2nccn2C)c1. The lowest BCUT2D eigenvalue weighted by molar-refractivity contribution is 0.579. The molecule has 0 saturated carbocycles. The van der Waals surface area contributed by atoms with Crippen LogP contribution < -0.4 is 10.5 Å². The maximum Gasteiger partial charge on any atom is 0.240 e. The number of hydrogen-bond acceptors (Lipinski definition) is 4. The average molecular weight is 308 g/mol. The standard InChI is InChI=1S/C14H20N4O2S/c1-10-8-12(15)11(2)13(9-10)21(19,20)17-5-4-14-16-6-7-18(14)3/h6-9,17H,4-5,15H2,1-3H3. The summed E-state index contributed by atoms with van der Waals surface area (Å²) < 4.78 is 29.2. The van der Waals surface area contributed by atoms with Gasteiger partial charge in [0, 0.05) is 38.1 Å². The fourth-order valence-corrected chi connectivity index (χ4v) is 3.53. The number of imidazole rings is 1. The van der Waals surface area contributed by atoms with Gasteiger partial charge in [0.2, 0.25) is 10.0 Å². The van der Waals surface area contributed by atoms with Gasteiger partial charge in [-0.25, -0.2) is 18.1 Å². The fraction of sp³-hybridized carbons (Fsp3) is 0.357. The third-order valence-electron chi connectivity index (χ3n) is 3.40. The van der Waals surface area contributed by atoms with Gasteiger partial charge < -0.3 is 10.3 Å². The second-order valence-corrected chi connectivity index (χ2v) is 6.81. The molecule has 2 rings (SSSR count). The monoisotopic (exact) mass is 308 g/mol. The van der Waals surface area contributed by atoms with Gasteiger partial charge in [-0.3, -0.25) is 0 Å². The highest BCUT2D eigenvalue weighted by atomic mass is 32.2. The van der Waals surface area contributed by atoms with Crippen LogP contribution in [0.3, 0.4) is 0 Å². The van der Waals surface area contributed by atoms with Crippen molar-refractivity contribution in [2.75, 3.05) is 12.3 Å². The number of nitrogens with zero attached hydrogens (tertiary/aromatic N) is 2. The number of nitrogens with two attached hydrogens (primary N) is 1. The number of aromatic nitrogens is 2. The Kier molecular flexibility index (Phi) is 4.34. The molecular weight excluding hydrogens is 288 g/mol. The van der Waals surface area contributed by atoms with E-state index in [1.54, 1.807) is 25.3 Å². The molecule has 2 aromatic rings. The largest absolute Gasteiger partial charge is 0.398 e. The van der Waals surface area contributed by atoms with Crippen molar-refractivity contribution in [3.63, 3.8) is 0 Å². The van der Waals surface area contributed by atoms with E-state index in [9.17, 15) is 8.42 Å². The Morgan fingerprint density at radius 2 is 2.05 bits per heavy atom. The minimum atomic E-state index is -3.57. The summed E-state index contributed by atoms with van der Waals surface area (Å²) in [6, 6.07) is 3.40. The van der Waals surface area contributed by atoms with Crippen LogP contribution >= 0.6 is 0 Å². The van der Waals surface area contributed by atoms with E-state index in [-0.39, 0.29) is 4.90 Å². The molecule has 0 aliphatic rings. The third kappa shape index (κ3) is 3.43. The number of nitrogens with one attached hydrogen (secondary N) is 1. The smallest absolute Gasteiger partial charge is 0.240 e. The van der Waals surface area contributed by atoms with E-state index in [1.165, 1.54) is 0 Å². The lowest BCUT2D eigenvalue weighted by Crippen LogP contribution is -2.27. The quantitative estimate of drug-likeness (QED) is 0.811. The zero-order chi connectivity index (χ0) is 15.6. The van der Waals surface area contributed by atoms with Gasteiger partial charge >= 0.3 is 0 Å². The van der Waals surface area contributed by atoms with Crippen molar-refractivity contribution in [2.45, 2.75) is 25.2 Å². The molecule has 7 heteroatoms. The third-order valence-corrected chi connectivity index (χ3v) is 4.98. The zero-order valence-electron chi connectivity index (χ0n) is 12.4. The molecule has 0 unspecified atom stereocenters. The molecule has 1 heterocycles. The van der Waals surface area contributed by atoms with E-state index in [1.807, 2.05) is 24.7 Å². The molecule has 0 spiro atoms. The van der Waals surface area contributed by atoms with Gasteiger partial charge in [-0.2, -0.15) is 0 Å². The molecule has 0 saturated heterocycles. The maximum atomic E-state index is 12.4. The Balaban J connectivity index is 2.14. The van der Waals surface area contributed by atoms with Crippen LogP contribution in [0.4, 0.5) is 5.69 Å². The summed E-state index contributed by atoms with van der Waals surface area (Å²) in [5.74, 6) is 0.832. The molecule has 0 aliphatic heterocycles. The van der Waals surface area contributed by atoms with Crippen molar-refractivity contribution < 1.29 is 8.42 Å². The molecule has 0 amide bonds. The van der Waals surface area contributed by atoms with Gasteiger partial charge in [-0.15, -0.1) is 0 Å². The molecule has 0 atom stereocenters. The highest BCUT2D eigenvalue weighted by Crippen LogP contribution is 2.22. The number of aryl methyl sites for hydroxylation is 2. The summed E-state index contributed by atoms with van der Waals surface area (Å²) in [7, 11) is -1.69. The number of hydrogen-bond donors (Lipinski definition) is 2. The van der Waals surface area contributed by atoms with Gasteiger partial charge in [0.25, 0.3) is 0 Å². The van der Waals surface area contributed by atoms with Crippen molar-refractivity contribution in [1.82, 2.24) is 14.3 Å². The van der Waals surface area contributed by atoms with E-state index >= 15 is 0 Å². The topological polar surface area (TPSA) is 90.0 Å². The molecule has 0 bridgehead atoms. The number of nitrogen functional groups attached to an aromatic ring is 1. The molecule has 114 valence electrons.